The first kappa shape index (κ1) is 14.5. The van der Waals surface area contributed by atoms with Crippen LogP contribution in [0.3, 0.4) is 0 Å². The second-order valence-electron chi connectivity index (χ2n) is 4.52. The maximum Gasteiger partial charge on any atom is 0.191 e. The third-order valence-electron chi connectivity index (χ3n) is 2.96. The van der Waals surface area contributed by atoms with E-state index in [2.05, 4.69) is 38.8 Å². The lowest BCUT2D eigenvalue weighted by molar-refractivity contribution is 0.793. The van der Waals surface area contributed by atoms with Gasteiger partial charge in [-0.1, -0.05) is 51.6 Å². The van der Waals surface area contributed by atoms with Crippen LogP contribution in [-0.4, -0.2) is 24.4 Å². The molecule has 108 valence electrons. The van der Waals surface area contributed by atoms with Gasteiger partial charge in [0, 0.05) is 29.9 Å². The summed E-state index contributed by atoms with van der Waals surface area (Å²) < 4.78 is 6.43. The van der Waals surface area contributed by atoms with E-state index in [1.807, 2.05) is 23.7 Å². The molecule has 0 spiro atoms. The van der Waals surface area contributed by atoms with Crippen LogP contribution < -0.4 is 0 Å². The average Bonchev–Trinajstić information content (AvgIpc) is 3.03. The first-order valence-corrected chi connectivity index (χ1v) is 8.35. The quantitative estimate of drug-likeness (QED) is 0.681. The van der Waals surface area contributed by atoms with Crippen molar-refractivity contribution in [1.82, 2.24) is 24.4 Å². The van der Waals surface area contributed by atoms with Crippen LogP contribution in [0, 0.1) is 6.92 Å². The molecular weight excluding hydrogens is 326 g/mol. The summed E-state index contributed by atoms with van der Waals surface area (Å²) in [6.07, 6.45) is 0. The molecule has 0 bridgehead atoms. The molecule has 2 aromatic heterocycles. The van der Waals surface area contributed by atoms with E-state index in [4.69, 9.17) is 11.6 Å². The van der Waals surface area contributed by atoms with Gasteiger partial charge in [0.05, 0.1) is 0 Å². The molecule has 0 saturated carbocycles. The molecule has 0 aliphatic rings. The van der Waals surface area contributed by atoms with Crippen molar-refractivity contribution in [3.8, 4) is 11.4 Å². The van der Waals surface area contributed by atoms with E-state index >= 15 is 0 Å². The molecular formula is C13H12ClN5S2. The van der Waals surface area contributed by atoms with E-state index in [0.717, 1.165) is 22.2 Å². The highest BCUT2D eigenvalue weighted by molar-refractivity contribution is 7.98. The molecule has 2 heterocycles. The van der Waals surface area contributed by atoms with Crippen LogP contribution in [0.1, 0.15) is 11.3 Å². The fraction of sp³-hybridized carbons (Fsp3) is 0.231. The number of aromatic nitrogens is 5. The van der Waals surface area contributed by atoms with E-state index in [1.54, 1.807) is 11.8 Å². The summed E-state index contributed by atoms with van der Waals surface area (Å²) in [6.45, 7) is 2.06. The SMILES string of the molecule is Cc1cccc(-c2nnc(SCc3nnsc3Cl)n2C)c1. The largest absolute Gasteiger partial charge is 0.305 e. The molecule has 0 radical (unpaired) electrons. The Morgan fingerprint density at radius 1 is 1.29 bits per heavy atom. The zero-order valence-corrected chi connectivity index (χ0v) is 13.8. The van der Waals surface area contributed by atoms with Crippen molar-refractivity contribution in [1.29, 1.82) is 0 Å². The number of rotatable bonds is 4. The number of benzene rings is 1. The van der Waals surface area contributed by atoms with Gasteiger partial charge in [0.25, 0.3) is 0 Å². The molecule has 0 saturated heterocycles. The summed E-state index contributed by atoms with van der Waals surface area (Å²) in [7, 11) is 1.96. The summed E-state index contributed by atoms with van der Waals surface area (Å²) in [5.41, 5.74) is 3.04. The van der Waals surface area contributed by atoms with E-state index in [0.29, 0.717) is 10.1 Å². The molecule has 3 rings (SSSR count). The highest BCUT2D eigenvalue weighted by Crippen LogP contribution is 2.28. The lowest BCUT2D eigenvalue weighted by atomic mass is 10.1. The van der Waals surface area contributed by atoms with Gasteiger partial charge in [0.15, 0.2) is 11.0 Å². The second-order valence-corrected chi connectivity index (χ2v) is 6.82. The smallest absolute Gasteiger partial charge is 0.191 e. The maximum atomic E-state index is 6.00. The normalized spacial score (nSPS) is 11.0. The number of aryl methyl sites for hydroxylation is 1. The number of nitrogens with zero attached hydrogens (tertiary/aromatic N) is 5. The van der Waals surface area contributed by atoms with Crippen LogP contribution in [0.5, 0.6) is 0 Å². The summed E-state index contributed by atoms with van der Waals surface area (Å²) in [5, 5.41) is 13.3. The third kappa shape index (κ3) is 3.09. The molecule has 5 nitrogen and oxygen atoms in total. The Morgan fingerprint density at radius 2 is 2.14 bits per heavy atom. The van der Waals surface area contributed by atoms with Gasteiger partial charge in [0.2, 0.25) is 0 Å². The zero-order chi connectivity index (χ0) is 14.8. The summed E-state index contributed by atoms with van der Waals surface area (Å²) >= 11 is 8.74. The minimum atomic E-state index is 0.628. The van der Waals surface area contributed by atoms with Crippen molar-refractivity contribution >= 4 is 34.9 Å². The standard InChI is InChI=1S/C13H12ClN5S2/c1-8-4-3-5-9(6-8)12-16-17-13(19(12)2)20-7-10-11(14)21-18-15-10/h3-6H,7H2,1-2H3. The molecule has 0 N–H and O–H groups in total. The highest BCUT2D eigenvalue weighted by atomic mass is 35.5. The van der Waals surface area contributed by atoms with Crippen LogP contribution in [0.25, 0.3) is 11.4 Å². The van der Waals surface area contributed by atoms with E-state index in [-0.39, 0.29) is 0 Å². The first-order valence-electron chi connectivity index (χ1n) is 6.21. The van der Waals surface area contributed by atoms with Crippen molar-refractivity contribution in [3.05, 3.63) is 39.9 Å². The average molecular weight is 338 g/mol. The van der Waals surface area contributed by atoms with Gasteiger partial charge in [-0.05, 0) is 13.0 Å². The van der Waals surface area contributed by atoms with Crippen LogP contribution in [-0.2, 0) is 12.8 Å². The van der Waals surface area contributed by atoms with E-state index in [1.165, 1.54) is 17.1 Å². The molecule has 0 aliphatic heterocycles. The number of hydrogen-bond donors (Lipinski definition) is 0. The molecule has 8 heteroatoms. The molecule has 0 amide bonds. The zero-order valence-electron chi connectivity index (χ0n) is 11.4. The second kappa shape index (κ2) is 6.13. The Labute approximate surface area is 135 Å². The van der Waals surface area contributed by atoms with Gasteiger partial charge in [-0.3, -0.25) is 0 Å². The summed E-state index contributed by atoms with van der Waals surface area (Å²) in [5.74, 6) is 1.48. The van der Waals surface area contributed by atoms with Gasteiger partial charge in [-0.15, -0.1) is 15.3 Å². The molecule has 0 unspecified atom stereocenters. The predicted molar refractivity (Wildman–Crippen MR) is 85.7 cm³/mol. The van der Waals surface area contributed by atoms with Crippen LogP contribution in [0.15, 0.2) is 29.4 Å². The number of thioether (sulfide) groups is 1. The molecule has 0 aliphatic carbocycles. The van der Waals surface area contributed by atoms with Crippen molar-refractivity contribution in [2.24, 2.45) is 7.05 Å². The molecule has 0 atom stereocenters. The number of hydrogen-bond acceptors (Lipinski definition) is 6. The number of halogens is 1. The van der Waals surface area contributed by atoms with Crippen molar-refractivity contribution in [2.45, 2.75) is 17.8 Å². The van der Waals surface area contributed by atoms with Crippen LogP contribution in [0.4, 0.5) is 0 Å². The van der Waals surface area contributed by atoms with E-state index in [9.17, 15) is 0 Å². The van der Waals surface area contributed by atoms with Gasteiger partial charge in [-0.2, -0.15) is 0 Å². The molecule has 3 aromatic rings. The maximum absolute atomic E-state index is 6.00. The summed E-state index contributed by atoms with van der Waals surface area (Å²) in [4.78, 5) is 0. The molecule has 0 fully saturated rings. The van der Waals surface area contributed by atoms with Gasteiger partial charge < -0.3 is 4.57 Å². The highest BCUT2D eigenvalue weighted by Gasteiger charge is 2.13. The lowest BCUT2D eigenvalue weighted by Crippen LogP contribution is -1.95. The van der Waals surface area contributed by atoms with Gasteiger partial charge in [0.1, 0.15) is 10.0 Å². The topological polar surface area (TPSA) is 56.5 Å². The minimum Gasteiger partial charge on any atom is -0.305 e. The van der Waals surface area contributed by atoms with Crippen molar-refractivity contribution in [2.75, 3.05) is 0 Å². The summed E-state index contributed by atoms with van der Waals surface area (Å²) in [6, 6.07) is 8.21. The van der Waals surface area contributed by atoms with Crippen molar-refractivity contribution < 1.29 is 0 Å². The Kier molecular flexibility index (Phi) is 4.23. The fourth-order valence-corrected chi connectivity index (χ4v) is 3.54. The Hall–Kier alpha value is -1.44. The van der Waals surface area contributed by atoms with E-state index < -0.39 is 0 Å². The first-order chi connectivity index (χ1) is 10.1. The fourth-order valence-electron chi connectivity index (χ4n) is 1.89. The Morgan fingerprint density at radius 3 is 2.86 bits per heavy atom. The van der Waals surface area contributed by atoms with Gasteiger partial charge in [-0.25, -0.2) is 0 Å². The third-order valence-corrected chi connectivity index (χ3v) is 4.97. The lowest BCUT2D eigenvalue weighted by Gasteiger charge is -2.04. The Bertz CT molecular complexity index is 768. The predicted octanol–water partition coefficient (Wildman–Crippen LogP) is 3.59. The minimum absolute atomic E-state index is 0.628. The molecule has 1 aromatic carbocycles. The van der Waals surface area contributed by atoms with Gasteiger partial charge >= 0.3 is 0 Å². The van der Waals surface area contributed by atoms with Crippen LogP contribution in [0.2, 0.25) is 4.34 Å². The molecule has 21 heavy (non-hydrogen) atoms. The monoisotopic (exact) mass is 337 g/mol. The van der Waals surface area contributed by atoms with Crippen LogP contribution >= 0.6 is 34.9 Å². The Balaban J connectivity index is 1.81. The van der Waals surface area contributed by atoms with Crippen molar-refractivity contribution in [3.63, 3.8) is 0 Å².